The van der Waals surface area contributed by atoms with Crippen molar-refractivity contribution in [1.29, 1.82) is 0 Å². The predicted molar refractivity (Wildman–Crippen MR) is 104 cm³/mol. The van der Waals surface area contributed by atoms with Gasteiger partial charge in [0.25, 0.3) is 0 Å². The molecular weight excluding hydrogens is 340 g/mol. The van der Waals surface area contributed by atoms with Crippen LogP contribution >= 0.6 is 0 Å². The van der Waals surface area contributed by atoms with Gasteiger partial charge in [-0.3, -0.25) is 4.90 Å². The molecule has 0 amide bonds. The van der Waals surface area contributed by atoms with Crippen molar-refractivity contribution in [2.75, 3.05) is 52.7 Å². The van der Waals surface area contributed by atoms with E-state index in [2.05, 4.69) is 21.9 Å². The summed E-state index contributed by atoms with van der Waals surface area (Å²) in [4.78, 5) is 5.19. The molecule has 148 valence electrons. The molecule has 5 nitrogen and oxygen atoms in total. The maximum atomic E-state index is 6.01. The van der Waals surface area contributed by atoms with Crippen molar-refractivity contribution < 1.29 is 14.2 Å². The second-order valence-electron chi connectivity index (χ2n) is 8.70. The number of rotatable bonds is 8. The van der Waals surface area contributed by atoms with E-state index in [-0.39, 0.29) is 0 Å². The summed E-state index contributed by atoms with van der Waals surface area (Å²) in [5.74, 6) is 4.31. The van der Waals surface area contributed by atoms with Gasteiger partial charge in [-0.25, -0.2) is 0 Å². The van der Waals surface area contributed by atoms with E-state index in [9.17, 15) is 0 Å². The molecule has 0 spiro atoms. The maximum absolute atomic E-state index is 6.01. The van der Waals surface area contributed by atoms with Gasteiger partial charge < -0.3 is 19.1 Å². The number of benzene rings is 1. The average Bonchev–Trinajstić information content (AvgIpc) is 3.05. The molecule has 2 saturated heterocycles. The number of ether oxygens (including phenoxy) is 3. The lowest BCUT2D eigenvalue weighted by molar-refractivity contribution is 0.0967. The first-order valence-electron chi connectivity index (χ1n) is 10.8. The molecule has 4 aliphatic rings. The zero-order valence-electron chi connectivity index (χ0n) is 16.3. The SMILES string of the molecule is c1cc2c(cc1CN1C[C@@H]3C(COCCCN4CCCCC4)[C@@H]3C1)OCO2. The normalized spacial score (nSPS) is 29.9. The summed E-state index contributed by atoms with van der Waals surface area (Å²) in [6, 6.07) is 6.34. The van der Waals surface area contributed by atoms with Gasteiger partial charge in [0.2, 0.25) is 6.79 Å². The predicted octanol–water partition coefficient (Wildman–Crippen LogP) is 2.99. The van der Waals surface area contributed by atoms with Gasteiger partial charge in [0, 0.05) is 32.8 Å². The molecule has 1 aliphatic carbocycles. The lowest BCUT2D eigenvalue weighted by Crippen LogP contribution is -2.31. The largest absolute Gasteiger partial charge is 0.454 e. The van der Waals surface area contributed by atoms with Crippen LogP contribution in [0.5, 0.6) is 11.5 Å². The van der Waals surface area contributed by atoms with Crippen LogP contribution in [0.1, 0.15) is 31.2 Å². The molecule has 3 fully saturated rings. The Kier molecular flexibility index (Phi) is 5.25. The van der Waals surface area contributed by atoms with Crippen LogP contribution in [0.3, 0.4) is 0 Å². The molecule has 1 aromatic rings. The van der Waals surface area contributed by atoms with Gasteiger partial charge in [0.1, 0.15) is 0 Å². The van der Waals surface area contributed by atoms with E-state index in [0.717, 1.165) is 49.0 Å². The standard InChI is InChI=1S/C22H32N2O3/c1-2-7-23(8-3-1)9-4-10-25-15-20-18-13-24(14-19(18)20)12-17-5-6-21-22(11-17)27-16-26-21/h5-6,11,18-20H,1-4,7-10,12-16H2/t18-,19+,20?. The molecule has 0 radical (unpaired) electrons. The van der Waals surface area contributed by atoms with E-state index in [1.54, 1.807) is 0 Å². The topological polar surface area (TPSA) is 34.2 Å². The number of hydrogen-bond acceptors (Lipinski definition) is 5. The van der Waals surface area contributed by atoms with Crippen LogP contribution in [0.4, 0.5) is 0 Å². The fourth-order valence-electron chi connectivity index (χ4n) is 5.20. The molecule has 3 aliphatic heterocycles. The smallest absolute Gasteiger partial charge is 0.231 e. The lowest BCUT2D eigenvalue weighted by Gasteiger charge is -2.26. The van der Waals surface area contributed by atoms with Gasteiger partial charge >= 0.3 is 0 Å². The second-order valence-corrected chi connectivity index (χ2v) is 8.70. The molecule has 0 aromatic heterocycles. The van der Waals surface area contributed by atoms with Crippen LogP contribution in [0.2, 0.25) is 0 Å². The van der Waals surface area contributed by atoms with Gasteiger partial charge in [-0.15, -0.1) is 0 Å². The Hall–Kier alpha value is -1.30. The third kappa shape index (κ3) is 4.10. The van der Waals surface area contributed by atoms with Crippen LogP contribution < -0.4 is 9.47 Å². The van der Waals surface area contributed by atoms with Crippen molar-refractivity contribution in [3.05, 3.63) is 23.8 Å². The number of nitrogens with zero attached hydrogens (tertiary/aromatic N) is 2. The number of fused-ring (bicyclic) bond motifs is 2. The van der Waals surface area contributed by atoms with Gasteiger partial charge in [0.15, 0.2) is 11.5 Å². The minimum atomic E-state index is 0.354. The van der Waals surface area contributed by atoms with E-state index in [1.807, 2.05) is 6.07 Å². The van der Waals surface area contributed by atoms with Crippen LogP contribution in [0.15, 0.2) is 18.2 Å². The highest BCUT2D eigenvalue weighted by Gasteiger charge is 2.55. The summed E-state index contributed by atoms with van der Waals surface area (Å²) >= 11 is 0. The molecule has 5 heteroatoms. The zero-order chi connectivity index (χ0) is 18.1. The van der Waals surface area contributed by atoms with E-state index in [0.29, 0.717) is 6.79 Å². The van der Waals surface area contributed by atoms with Crippen molar-refractivity contribution in [3.63, 3.8) is 0 Å². The minimum absolute atomic E-state index is 0.354. The lowest BCUT2D eigenvalue weighted by atomic mass is 10.1. The monoisotopic (exact) mass is 372 g/mol. The molecule has 1 saturated carbocycles. The quantitative estimate of drug-likeness (QED) is 0.656. The van der Waals surface area contributed by atoms with Crippen molar-refractivity contribution in [1.82, 2.24) is 9.80 Å². The molecule has 0 N–H and O–H groups in total. The zero-order valence-corrected chi connectivity index (χ0v) is 16.3. The van der Waals surface area contributed by atoms with Crippen LogP contribution in [-0.4, -0.2) is 62.5 Å². The van der Waals surface area contributed by atoms with E-state index < -0.39 is 0 Å². The number of hydrogen-bond donors (Lipinski definition) is 0. The third-order valence-electron chi connectivity index (χ3n) is 6.81. The fourth-order valence-corrected chi connectivity index (χ4v) is 5.20. The van der Waals surface area contributed by atoms with Gasteiger partial charge in [0.05, 0.1) is 6.61 Å². The van der Waals surface area contributed by atoms with Gasteiger partial charge in [-0.1, -0.05) is 12.5 Å². The Balaban J connectivity index is 0.974. The Morgan fingerprint density at radius 3 is 2.63 bits per heavy atom. The first-order chi connectivity index (χ1) is 13.4. The van der Waals surface area contributed by atoms with Crippen LogP contribution in [-0.2, 0) is 11.3 Å². The van der Waals surface area contributed by atoms with Crippen LogP contribution in [0.25, 0.3) is 0 Å². The molecule has 1 aromatic carbocycles. The molecule has 3 heterocycles. The summed E-state index contributed by atoms with van der Waals surface area (Å²) in [5.41, 5.74) is 1.33. The summed E-state index contributed by atoms with van der Waals surface area (Å²) < 4.78 is 16.9. The number of piperidine rings is 2. The van der Waals surface area contributed by atoms with Crippen LogP contribution in [0, 0.1) is 17.8 Å². The van der Waals surface area contributed by atoms with Gasteiger partial charge in [-0.05, 0) is 67.8 Å². The molecule has 0 bridgehead atoms. The Labute approximate surface area is 162 Å². The molecule has 5 rings (SSSR count). The average molecular weight is 373 g/mol. The molecule has 1 unspecified atom stereocenters. The van der Waals surface area contributed by atoms with Crippen molar-refractivity contribution in [2.24, 2.45) is 17.8 Å². The van der Waals surface area contributed by atoms with Gasteiger partial charge in [-0.2, -0.15) is 0 Å². The number of likely N-dealkylation sites (tertiary alicyclic amines) is 2. The maximum Gasteiger partial charge on any atom is 0.231 e. The van der Waals surface area contributed by atoms with Crippen molar-refractivity contribution >= 4 is 0 Å². The first-order valence-corrected chi connectivity index (χ1v) is 10.8. The Morgan fingerprint density at radius 2 is 1.78 bits per heavy atom. The first kappa shape index (κ1) is 17.8. The third-order valence-corrected chi connectivity index (χ3v) is 6.81. The Morgan fingerprint density at radius 1 is 0.963 bits per heavy atom. The van der Waals surface area contributed by atoms with E-state index in [4.69, 9.17) is 14.2 Å². The summed E-state index contributed by atoms with van der Waals surface area (Å²) in [6.07, 6.45) is 5.38. The minimum Gasteiger partial charge on any atom is -0.454 e. The summed E-state index contributed by atoms with van der Waals surface area (Å²) in [7, 11) is 0. The Bertz CT molecular complexity index is 634. The molecule has 27 heavy (non-hydrogen) atoms. The van der Waals surface area contributed by atoms with Crippen molar-refractivity contribution in [2.45, 2.75) is 32.2 Å². The van der Waals surface area contributed by atoms with E-state index >= 15 is 0 Å². The highest BCUT2D eigenvalue weighted by molar-refractivity contribution is 5.44. The second kappa shape index (κ2) is 7.98. The highest BCUT2D eigenvalue weighted by atomic mass is 16.7. The molecular formula is C22H32N2O3. The fraction of sp³-hybridized carbons (Fsp3) is 0.727. The van der Waals surface area contributed by atoms with Crippen molar-refractivity contribution in [3.8, 4) is 11.5 Å². The summed E-state index contributed by atoms with van der Waals surface area (Å²) in [6.45, 7) is 9.56. The van der Waals surface area contributed by atoms with E-state index in [1.165, 1.54) is 64.0 Å². The summed E-state index contributed by atoms with van der Waals surface area (Å²) in [5, 5.41) is 0. The highest BCUT2D eigenvalue weighted by Crippen LogP contribution is 2.52. The molecule has 3 atom stereocenters.